The predicted molar refractivity (Wildman–Crippen MR) is 361 cm³/mol. The number of rotatable bonds is 30. The molecule has 0 unspecified atom stereocenters. The molecule has 2 N–H and O–H groups in total. The molecule has 0 aromatic heterocycles. The van der Waals surface area contributed by atoms with E-state index in [0.717, 1.165) is 44.6 Å². The van der Waals surface area contributed by atoms with Gasteiger partial charge in [0.1, 0.15) is 11.6 Å². The number of ketones is 2. The first kappa shape index (κ1) is 78.7. The number of carboxylic acids is 1. The highest BCUT2D eigenvalue weighted by Crippen LogP contribution is 2.49. The zero-order valence-electron chi connectivity index (χ0n) is 59.8. The largest absolute Gasteiger partial charge is 0.478 e. The van der Waals surface area contributed by atoms with E-state index in [1.807, 2.05) is 34.6 Å². The van der Waals surface area contributed by atoms with Crippen LogP contribution in [-0.4, -0.2) is 110 Å². The van der Waals surface area contributed by atoms with E-state index >= 15 is 9.59 Å². The van der Waals surface area contributed by atoms with Crippen molar-refractivity contribution in [2.45, 2.75) is 325 Å². The molecule has 0 aromatic carbocycles. The first-order valence-corrected chi connectivity index (χ1v) is 44.5. The fourth-order valence-electron chi connectivity index (χ4n) is 11.5. The summed E-state index contributed by atoms with van der Waals surface area (Å²) < 4.78 is 42.7. The van der Waals surface area contributed by atoms with Crippen molar-refractivity contribution in [3.05, 3.63) is 36.5 Å². The van der Waals surface area contributed by atoms with Gasteiger partial charge in [-0.15, -0.1) is 0 Å². The van der Waals surface area contributed by atoms with E-state index in [-0.39, 0.29) is 79.8 Å². The molecule has 490 valence electrons. The number of hydrogen-bond acceptors (Lipinski definition) is 10. The monoisotopic (exact) mass is 1250 g/mol. The summed E-state index contributed by atoms with van der Waals surface area (Å²) in [7, 11) is -9.35. The third-order valence-electron chi connectivity index (χ3n) is 22.1. The molecule has 11 nitrogen and oxygen atoms in total. The Morgan fingerprint density at radius 2 is 1.02 bits per heavy atom. The Morgan fingerprint density at radius 1 is 0.607 bits per heavy atom. The summed E-state index contributed by atoms with van der Waals surface area (Å²) in [4.78, 5) is 42.3. The zero-order chi connectivity index (χ0) is 65.5. The Bertz CT molecular complexity index is 2180. The zero-order valence-corrected chi connectivity index (χ0v) is 63.8. The molecule has 2 aliphatic rings. The number of allylic oxidation sites excluding steroid dienone is 4. The number of aliphatic carboxylic acids is 1. The number of ether oxygens (including phenoxy) is 2. The van der Waals surface area contributed by atoms with Gasteiger partial charge in [0.15, 0.2) is 39.1 Å². The number of Topliss-reactive ketones (excluding diaryl/α,β-unsaturated/α-hetero) is 2. The van der Waals surface area contributed by atoms with Gasteiger partial charge >= 0.3 is 5.97 Å². The van der Waals surface area contributed by atoms with Gasteiger partial charge in [0.25, 0.3) is 0 Å². The minimum absolute atomic E-state index is 0.00656. The highest BCUT2D eigenvalue weighted by Gasteiger charge is 2.55. The average molecular weight is 1250 g/mol. The van der Waals surface area contributed by atoms with E-state index in [2.05, 4.69) is 201 Å². The van der Waals surface area contributed by atoms with Crippen LogP contribution < -0.4 is 0 Å². The van der Waals surface area contributed by atoms with E-state index in [1.54, 1.807) is 6.08 Å². The van der Waals surface area contributed by atoms with Gasteiger partial charge in [-0.1, -0.05) is 183 Å². The average Bonchev–Trinajstić information content (AvgIpc) is 3.56. The Morgan fingerprint density at radius 3 is 1.48 bits per heavy atom. The van der Waals surface area contributed by atoms with Gasteiger partial charge in [-0.05, 0) is 136 Å². The Balaban J connectivity index is 2.45. The highest BCUT2D eigenvalue weighted by molar-refractivity contribution is 6.75. The summed E-state index contributed by atoms with van der Waals surface area (Å²) in [5.74, 6) is -4.15. The molecular weight excluding hydrogens is 1120 g/mol. The Kier molecular flexibility index (Phi) is 28.7. The van der Waals surface area contributed by atoms with Crippen LogP contribution in [0.3, 0.4) is 0 Å². The molecule has 1 spiro atoms. The summed E-state index contributed by atoms with van der Waals surface area (Å²) in [6, 6.07) is 0. The van der Waals surface area contributed by atoms with Crippen molar-refractivity contribution in [3.63, 3.8) is 0 Å². The van der Waals surface area contributed by atoms with Crippen LogP contribution >= 0.6 is 0 Å². The fraction of sp³-hybridized carbons (Fsp3) is 0.870. The van der Waals surface area contributed by atoms with Crippen molar-refractivity contribution >= 4 is 50.8 Å². The van der Waals surface area contributed by atoms with Crippen molar-refractivity contribution in [3.8, 4) is 0 Å². The maximum Gasteiger partial charge on any atom is 0.327 e. The molecule has 0 bridgehead atoms. The fourth-order valence-corrected chi connectivity index (χ4v) is 17.3. The first-order chi connectivity index (χ1) is 37.8. The molecule has 2 fully saturated rings. The number of carbonyl (C=O) groups excluding carboxylic acids is 2. The number of hydrogen-bond donors (Lipinski definition) is 2. The molecule has 2 rings (SSSR count). The third-order valence-corrected chi connectivity index (χ3v) is 40.1. The number of carboxylic acid groups (broad SMARTS) is 1. The standard InChI is InChI=1S/C69H132O11Si4/c1-32-55(39-40-56-49(6)61(74)54(11)69(75-56)43-42-45(2)57(76-69)44-48(5)77-81(24,25)65(12,13)14)37-35-33-34-36-46(3)62(78-82(26,27)66(15,16)17)50(7)59(72)52(9)64(80-84(30,31)68(21,22)23)53(10)60(73)51(8)63(47(4)38-41-58(70)71)79-83(28,29)67(18,19)20/h33-35,37-38,41,45-57,61-64,74H,32,36,39-40,42-44H2,1-31H3,(H,70,71)/b34-33+,37-35+,41-38+/t45-,46+,47-,48+,49+,50+,51+,52+,53-,54-,55-,56-,57-,61+,62-,63+,64-,69-/m1/s1. The summed E-state index contributed by atoms with van der Waals surface area (Å²) >= 11 is 0. The van der Waals surface area contributed by atoms with Crippen LogP contribution in [-0.2, 0) is 41.6 Å². The number of aliphatic hydroxyl groups is 1. The predicted octanol–water partition coefficient (Wildman–Crippen LogP) is 18.4. The maximum atomic E-state index is 15.4. The second kappa shape index (κ2) is 30.6. The molecule has 0 aromatic rings. The molecule has 0 amide bonds. The molecule has 0 aliphatic carbocycles. The van der Waals surface area contributed by atoms with Crippen LogP contribution in [0.2, 0.25) is 72.5 Å². The SMILES string of the molecule is CC[C@H](/C=C/C=C/C[C@H](C)[C@@H](O[Si](C)(C)C(C)(C)C)[C@@H](C)C(=O)[C@H](C)[C@@H](O[Si](C)(C)C(C)(C)C)[C@H](C)C(=O)[C@H](C)[C@@H](O[Si](C)(C)C(C)(C)C)[C@H](C)/C=C/C(=O)O)CC[C@H]1O[C@@]2(CC[C@@H](C)[C@@H](C[C@H](C)O[Si](C)(C)C(C)(C)C)O2)[C@H](C)[C@@H](O)[C@H]1C. The summed E-state index contributed by atoms with van der Waals surface area (Å²) in [5, 5.41) is 21.1. The minimum atomic E-state index is -2.56. The second-order valence-electron chi connectivity index (χ2n) is 33.0. The maximum absolute atomic E-state index is 15.4. The van der Waals surface area contributed by atoms with Crippen LogP contribution in [0.25, 0.3) is 0 Å². The van der Waals surface area contributed by atoms with Crippen molar-refractivity contribution in [2.75, 3.05) is 0 Å². The smallest absolute Gasteiger partial charge is 0.327 e. The molecule has 0 saturated carbocycles. The molecule has 0 radical (unpaired) electrons. The topological polar surface area (TPSA) is 147 Å². The Labute approximate surface area is 520 Å². The lowest BCUT2D eigenvalue weighted by Crippen LogP contribution is -2.61. The second-order valence-corrected chi connectivity index (χ2v) is 52.0. The van der Waals surface area contributed by atoms with Gasteiger partial charge in [0, 0.05) is 60.0 Å². The first-order valence-electron chi connectivity index (χ1n) is 32.9. The van der Waals surface area contributed by atoms with Gasteiger partial charge in [-0.25, -0.2) is 4.79 Å². The third kappa shape index (κ3) is 20.8. The lowest BCUT2D eigenvalue weighted by atomic mass is 9.75. The lowest BCUT2D eigenvalue weighted by molar-refractivity contribution is -0.371. The van der Waals surface area contributed by atoms with Crippen LogP contribution in [0.4, 0.5) is 0 Å². The van der Waals surface area contributed by atoms with E-state index in [9.17, 15) is 15.0 Å². The van der Waals surface area contributed by atoms with Gasteiger partial charge in [0.2, 0.25) is 0 Å². The van der Waals surface area contributed by atoms with E-state index in [4.69, 9.17) is 27.2 Å². The van der Waals surface area contributed by atoms with Crippen LogP contribution in [0, 0.1) is 59.2 Å². The summed E-state index contributed by atoms with van der Waals surface area (Å²) in [5.41, 5.74) is 0. The molecule has 84 heavy (non-hydrogen) atoms. The van der Waals surface area contributed by atoms with Gasteiger partial charge in [0.05, 0.1) is 36.6 Å². The van der Waals surface area contributed by atoms with Crippen LogP contribution in [0.1, 0.15) is 204 Å². The molecule has 2 heterocycles. The minimum Gasteiger partial charge on any atom is -0.478 e. The van der Waals surface area contributed by atoms with Crippen molar-refractivity contribution in [2.24, 2.45) is 59.2 Å². The number of aliphatic hydroxyl groups excluding tert-OH is 1. The van der Waals surface area contributed by atoms with Gasteiger partial charge in [-0.3, -0.25) is 9.59 Å². The van der Waals surface area contributed by atoms with Gasteiger partial charge in [-0.2, -0.15) is 0 Å². The summed E-state index contributed by atoms with van der Waals surface area (Å²) in [6.45, 7) is 67.3. The van der Waals surface area contributed by atoms with Crippen molar-refractivity contribution in [1.82, 2.24) is 0 Å². The number of carbonyl (C=O) groups is 3. The molecule has 15 heteroatoms. The Hall–Kier alpha value is -1.38. The molecular formula is C69H132O11Si4. The summed E-state index contributed by atoms with van der Waals surface area (Å²) in [6.07, 6.45) is 15.3. The lowest BCUT2D eigenvalue weighted by Gasteiger charge is -2.55. The molecule has 18 atom stereocenters. The highest BCUT2D eigenvalue weighted by atomic mass is 28.4. The van der Waals surface area contributed by atoms with Crippen LogP contribution in [0.5, 0.6) is 0 Å². The molecule has 2 aliphatic heterocycles. The normalized spacial score (nSPS) is 27.1. The van der Waals surface area contributed by atoms with Crippen molar-refractivity contribution in [1.29, 1.82) is 0 Å². The van der Waals surface area contributed by atoms with Crippen LogP contribution in [0.15, 0.2) is 36.5 Å². The van der Waals surface area contributed by atoms with Gasteiger partial charge < -0.3 is 37.4 Å². The van der Waals surface area contributed by atoms with Crippen molar-refractivity contribution < 1.29 is 51.8 Å². The van der Waals surface area contributed by atoms with E-state index in [1.165, 1.54) is 0 Å². The van der Waals surface area contributed by atoms with E-state index in [0.29, 0.717) is 18.3 Å². The quantitative estimate of drug-likeness (QED) is 0.0402. The molecule has 2 saturated heterocycles. The van der Waals surface area contributed by atoms with E-state index < -0.39 is 87.0 Å².